The Kier molecular flexibility index (Phi) is 5.44. The minimum absolute atomic E-state index is 0.705. The first-order chi connectivity index (χ1) is 9.53. The van der Waals surface area contributed by atoms with Crippen LogP contribution in [-0.2, 0) is 4.79 Å². The van der Waals surface area contributed by atoms with Crippen molar-refractivity contribution in [3.8, 4) is 0 Å². The molecule has 1 unspecified atom stereocenters. The third-order valence-electron chi connectivity index (χ3n) is 4.62. The zero-order chi connectivity index (χ0) is 14.6. The Morgan fingerprint density at radius 1 is 1.25 bits per heavy atom. The fourth-order valence-corrected chi connectivity index (χ4v) is 2.91. The number of hydrogen-bond donors (Lipinski definition) is 2. The molecule has 0 aromatic carbocycles. The van der Waals surface area contributed by atoms with E-state index >= 15 is 0 Å². The van der Waals surface area contributed by atoms with Crippen LogP contribution >= 0.6 is 0 Å². The average Bonchev–Trinajstić information content (AvgIpc) is 3.25. The quantitative estimate of drug-likeness (QED) is 0.611. The predicted octanol–water partition coefficient (Wildman–Crippen LogP) is 2.34. The maximum absolute atomic E-state index is 11.4. The highest BCUT2D eigenvalue weighted by molar-refractivity contribution is 5.78. The normalized spacial score (nSPS) is 21.9. The van der Waals surface area contributed by atoms with Gasteiger partial charge in [-0.05, 0) is 70.4 Å². The van der Waals surface area contributed by atoms with E-state index in [1.807, 2.05) is 13.8 Å². The molecule has 2 N–H and O–H groups in total. The predicted molar refractivity (Wildman–Crippen MR) is 80.8 cm³/mol. The molecule has 116 valence electrons. The van der Waals surface area contributed by atoms with E-state index in [-0.39, 0.29) is 0 Å². The van der Waals surface area contributed by atoms with Crippen LogP contribution in [0.4, 0.5) is 0 Å². The Hall–Kier alpha value is -0.610. The number of nitrogens with zero attached hydrogens (tertiary/aromatic N) is 1. The van der Waals surface area contributed by atoms with Crippen LogP contribution in [0, 0.1) is 11.8 Å². The molecule has 0 saturated heterocycles. The first-order valence-corrected chi connectivity index (χ1v) is 8.24. The van der Waals surface area contributed by atoms with Gasteiger partial charge in [0.15, 0.2) is 0 Å². The first kappa shape index (κ1) is 15.8. The molecule has 2 fully saturated rings. The summed E-state index contributed by atoms with van der Waals surface area (Å²) < 4.78 is 0. The van der Waals surface area contributed by atoms with E-state index in [2.05, 4.69) is 10.2 Å². The van der Waals surface area contributed by atoms with Crippen LogP contribution in [-0.4, -0.2) is 47.7 Å². The highest BCUT2D eigenvalue weighted by Crippen LogP contribution is 2.33. The minimum atomic E-state index is -0.764. The van der Waals surface area contributed by atoms with Crippen LogP contribution in [0.2, 0.25) is 0 Å². The third kappa shape index (κ3) is 5.06. The molecule has 4 nitrogen and oxygen atoms in total. The Labute approximate surface area is 122 Å². The van der Waals surface area contributed by atoms with E-state index in [1.165, 1.54) is 38.8 Å². The number of hydrogen-bond acceptors (Lipinski definition) is 3. The third-order valence-corrected chi connectivity index (χ3v) is 4.62. The minimum Gasteiger partial charge on any atom is -0.480 e. The molecule has 0 bridgehead atoms. The molecule has 2 aliphatic rings. The van der Waals surface area contributed by atoms with Crippen molar-refractivity contribution in [3.63, 3.8) is 0 Å². The van der Waals surface area contributed by atoms with Crippen LogP contribution < -0.4 is 5.32 Å². The molecular weight excluding hydrogens is 252 g/mol. The first-order valence-electron chi connectivity index (χ1n) is 8.24. The van der Waals surface area contributed by atoms with E-state index in [0.29, 0.717) is 13.0 Å². The lowest BCUT2D eigenvalue weighted by molar-refractivity contribution is -0.144. The summed E-state index contributed by atoms with van der Waals surface area (Å²) in [6.45, 7) is 8.01. The molecule has 0 aromatic heterocycles. The molecule has 2 rings (SSSR count). The lowest BCUT2D eigenvalue weighted by Gasteiger charge is -2.28. The number of rotatable bonds is 11. The van der Waals surface area contributed by atoms with Crippen molar-refractivity contribution in [1.82, 2.24) is 10.2 Å². The van der Waals surface area contributed by atoms with Crippen molar-refractivity contribution in [2.24, 2.45) is 11.8 Å². The van der Waals surface area contributed by atoms with Crippen molar-refractivity contribution in [2.75, 3.05) is 26.2 Å². The van der Waals surface area contributed by atoms with E-state index in [4.69, 9.17) is 0 Å². The SMILES string of the molecule is CCNC(C)(CCCN(CC1CC1)CC1CC1)C(=O)O. The second-order valence-electron chi connectivity index (χ2n) is 6.92. The van der Waals surface area contributed by atoms with Crippen molar-refractivity contribution in [1.29, 1.82) is 0 Å². The number of aliphatic carboxylic acids is 1. The summed E-state index contributed by atoms with van der Waals surface area (Å²) >= 11 is 0. The highest BCUT2D eigenvalue weighted by Gasteiger charge is 2.33. The highest BCUT2D eigenvalue weighted by atomic mass is 16.4. The van der Waals surface area contributed by atoms with Crippen LogP contribution in [0.25, 0.3) is 0 Å². The molecule has 0 radical (unpaired) electrons. The molecule has 2 saturated carbocycles. The van der Waals surface area contributed by atoms with E-state index in [9.17, 15) is 9.90 Å². The van der Waals surface area contributed by atoms with Gasteiger partial charge in [0.25, 0.3) is 0 Å². The second kappa shape index (κ2) is 6.90. The van der Waals surface area contributed by atoms with Crippen molar-refractivity contribution in [3.05, 3.63) is 0 Å². The Bertz CT molecular complexity index is 312. The summed E-state index contributed by atoms with van der Waals surface area (Å²) in [5.74, 6) is 1.12. The molecule has 2 aliphatic carbocycles. The van der Waals surface area contributed by atoms with Gasteiger partial charge in [0, 0.05) is 13.1 Å². The van der Waals surface area contributed by atoms with E-state index < -0.39 is 11.5 Å². The molecule has 4 heteroatoms. The molecular formula is C16H30N2O2. The van der Waals surface area contributed by atoms with Crippen molar-refractivity contribution < 1.29 is 9.90 Å². The van der Waals surface area contributed by atoms with Crippen LogP contribution in [0.3, 0.4) is 0 Å². The molecule has 0 heterocycles. The summed E-state index contributed by atoms with van der Waals surface area (Å²) in [4.78, 5) is 14.0. The topological polar surface area (TPSA) is 52.6 Å². The molecule has 0 aromatic rings. The number of carboxylic acid groups (broad SMARTS) is 1. The van der Waals surface area contributed by atoms with Crippen LogP contribution in [0.15, 0.2) is 0 Å². The van der Waals surface area contributed by atoms with Gasteiger partial charge in [-0.25, -0.2) is 0 Å². The van der Waals surface area contributed by atoms with Crippen molar-refractivity contribution >= 4 is 5.97 Å². The Balaban J connectivity index is 1.73. The fraction of sp³-hybridized carbons (Fsp3) is 0.938. The summed E-state index contributed by atoms with van der Waals surface area (Å²) in [5, 5.41) is 12.5. The number of nitrogens with one attached hydrogen (secondary N) is 1. The molecule has 20 heavy (non-hydrogen) atoms. The summed E-state index contributed by atoms with van der Waals surface area (Å²) in [7, 11) is 0. The Morgan fingerprint density at radius 2 is 1.80 bits per heavy atom. The maximum Gasteiger partial charge on any atom is 0.323 e. The zero-order valence-electron chi connectivity index (χ0n) is 13.0. The van der Waals surface area contributed by atoms with Gasteiger partial charge in [-0.3, -0.25) is 4.79 Å². The Morgan fingerprint density at radius 3 is 2.20 bits per heavy atom. The summed E-state index contributed by atoms with van der Waals surface area (Å²) in [5.41, 5.74) is -0.764. The number of carboxylic acids is 1. The van der Waals surface area contributed by atoms with Crippen molar-refractivity contribution in [2.45, 2.75) is 57.9 Å². The zero-order valence-corrected chi connectivity index (χ0v) is 13.0. The van der Waals surface area contributed by atoms with Gasteiger partial charge in [-0.2, -0.15) is 0 Å². The lowest BCUT2D eigenvalue weighted by atomic mass is 9.95. The van der Waals surface area contributed by atoms with Gasteiger partial charge in [0.2, 0.25) is 0 Å². The molecule has 0 amide bonds. The summed E-state index contributed by atoms with van der Waals surface area (Å²) in [6.07, 6.45) is 7.25. The van der Waals surface area contributed by atoms with Crippen LogP contribution in [0.5, 0.6) is 0 Å². The molecule has 0 aliphatic heterocycles. The second-order valence-corrected chi connectivity index (χ2v) is 6.92. The van der Waals surface area contributed by atoms with Gasteiger partial charge in [0.05, 0.1) is 0 Å². The molecule has 0 spiro atoms. The number of likely N-dealkylation sites (N-methyl/N-ethyl adjacent to an activating group) is 1. The van der Waals surface area contributed by atoms with Gasteiger partial charge < -0.3 is 15.3 Å². The largest absolute Gasteiger partial charge is 0.480 e. The number of carbonyl (C=O) groups is 1. The van der Waals surface area contributed by atoms with Crippen LogP contribution in [0.1, 0.15) is 52.4 Å². The maximum atomic E-state index is 11.4. The van der Waals surface area contributed by atoms with Gasteiger partial charge >= 0.3 is 5.97 Å². The van der Waals surface area contributed by atoms with Gasteiger partial charge in [0.1, 0.15) is 5.54 Å². The van der Waals surface area contributed by atoms with Gasteiger partial charge in [-0.15, -0.1) is 0 Å². The summed E-state index contributed by atoms with van der Waals surface area (Å²) in [6, 6.07) is 0. The smallest absolute Gasteiger partial charge is 0.323 e. The van der Waals surface area contributed by atoms with Gasteiger partial charge in [-0.1, -0.05) is 6.92 Å². The monoisotopic (exact) mass is 282 g/mol. The van der Waals surface area contributed by atoms with E-state index in [0.717, 1.165) is 24.8 Å². The average molecular weight is 282 g/mol. The lowest BCUT2D eigenvalue weighted by Crippen LogP contribution is -2.49. The van der Waals surface area contributed by atoms with E-state index in [1.54, 1.807) is 0 Å². The fourth-order valence-electron chi connectivity index (χ4n) is 2.91. The standard InChI is InChI=1S/C16H30N2O2/c1-3-17-16(2,15(19)20)9-4-10-18(11-13-5-6-13)12-14-7-8-14/h13-14,17H,3-12H2,1-2H3,(H,19,20). The molecule has 1 atom stereocenters.